The van der Waals surface area contributed by atoms with Crippen molar-refractivity contribution >= 4 is 11.9 Å². The quantitative estimate of drug-likeness (QED) is 0.800. The summed E-state index contributed by atoms with van der Waals surface area (Å²) in [5, 5.41) is 8.86. The van der Waals surface area contributed by atoms with Gasteiger partial charge < -0.3 is 15.6 Å². The summed E-state index contributed by atoms with van der Waals surface area (Å²) in [4.78, 5) is 23.2. The lowest BCUT2D eigenvalue weighted by atomic mass is 9.89. The second-order valence-electron chi connectivity index (χ2n) is 6.39. The molecule has 0 bridgehead atoms. The Morgan fingerprint density at radius 2 is 1.67 bits per heavy atom. The van der Waals surface area contributed by atoms with Gasteiger partial charge in [-0.15, -0.1) is 0 Å². The molecule has 0 spiro atoms. The van der Waals surface area contributed by atoms with Crippen molar-refractivity contribution in [3.63, 3.8) is 0 Å². The number of carbonyl (C=O) groups is 2. The van der Waals surface area contributed by atoms with Crippen molar-refractivity contribution < 1.29 is 32.6 Å². The van der Waals surface area contributed by atoms with Gasteiger partial charge >= 0.3 is 18.1 Å². The number of hydrogen-bond donors (Lipinski definition) is 2. The van der Waals surface area contributed by atoms with Gasteiger partial charge in [0.15, 0.2) is 0 Å². The molecule has 1 aromatic rings. The van der Waals surface area contributed by atoms with Gasteiger partial charge in [-0.2, -0.15) is 13.2 Å². The van der Waals surface area contributed by atoms with Crippen LogP contribution < -0.4 is 5.73 Å². The molecular formula is C16H20F3NO4. The number of benzene rings is 1. The third-order valence-electron chi connectivity index (χ3n) is 3.10. The lowest BCUT2D eigenvalue weighted by Crippen LogP contribution is -2.39. The molecule has 0 aliphatic rings. The van der Waals surface area contributed by atoms with Crippen molar-refractivity contribution in [2.75, 3.05) is 0 Å². The van der Waals surface area contributed by atoms with Gasteiger partial charge in [-0.3, -0.25) is 9.59 Å². The number of ether oxygens (including phenoxy) is 1. The van der Waals surface area contributed by atoms with Crippen LogP contribution in [0.25, 0.3) is 0 Å². The van der Waals surface area contributed by atoms with E-state index in [-0.39, 0.29) is 5.56 Å². The van der Waals surface area contributed by atoms with Gasteiger partial charge in [-0.05, 0) is 38.5 Å². The van der Waals surface area contributed by atoms with E-state index in [9.17, 15) is 22.8 Å². The molecule has 0 aliphatic heterocycles. The SMILES string of the molecule is CC(C)(C)OC(=O)C(c1ccc(C(F)(F)F)cc1)C(N)CC(=O)O. The number of rotatable bonds is 5. The summed E-state index contributed by atoms with van der Waals surface area (Å²) in [6, 6.07) is 2.73. The van der Waals surface area contributed by atoms with Crippen LogP contribution in [0.3, 0.4) is 0 Å². The smallest absolute Gasteiger partial charge is 0.416 e. The van der Waals surface area contributed by atoms with Crippen molar-refractivity contribution in [3.8, 4) is 0 Å². The Kier molecular flexibility index (Phi) is 5.99. The molecule has 134 valence electrons. The largest absolute Gasteiger partial charge is 0.481 e. The maximum absolute atomic E-state index is 12.6. The fourth-order valence-corrected chi connectivity index (χ4v) is 2.12. The number of halogens is 3. The zero-order valence-corrected chi connectivity index (χ0v) is 13.6. The zero-order valence-electron chi connectivity index (χ0n) is 13.6. The van der Waals surface area contributed by atoms with E-state index in [1.165, 1.54) is 0 Å². The van der Waals surface area contributed by atoms with Crippen molar-refractivity contribution in [1.29, 1.82) is 0 Å². The van der Waals surface area contributed by atoms with Gasteiger partial charge in [0.1, 0.15) is 5.60 Å². The predicted molar refractivity (Wildman–Crippen MR) is 80.3 cm³/mol. The maximum Gasteiger partial charge on any atom is 0.416 e. The Labute approximate surface area is 137 Å². The molecule has 0 radical (unpaired) electrons. The van der Waals surface area contributed by atoms with E-state index in [1.807, 2.05) is 0 Å². The average Bonchev–Trinajstić information content (AvgIpc) is 2.35. The zero-order chi connectivity index (χ0) is 18.7. The number of esters is 1. The van der Waals surface area contributed by atoms with Gasteiger partial charge in [0.25, 0.3) is 0 Å². The van der Waals surface area contributed by atoms with Crippen LogP contribution in [0, 0.1) is 0 Å². The highest BCUT2D eigenvalue weighted by Crippen LogP contribution is 2.31. The Bertz CT molecular complexity index is 591. The first-order valence-electron chi connectivity index (χ1n) is 7.18. The fourth-order valence-electron chi connectivity index (χ4n) is 2.12. The first-order chi connectivity index (χ1) is 10.8. The standard InChI is InChI=1S/C16H20F3NO4/c1-15(2,3)24-14(23)13(11(20)8-12(21)22)9-4-6-10(7-5-9)16(17,18)19/h4-7,11,13H,8,20H2,1-3H3,(H,21,22). The van der Waals surface area contributed by atoms with Gasteiger partial charge in [-0.1, -0.05) is 12.1 Å². The molecule has 2 atom stereocenters. The number of carbonyl (C=O) groups excluding carboxylic acids is 1. The van der Waals surface area contributed by atoms with E-state index >= 15 is 0 Å². The Balaban J connectivity index is 3.17. The van der Waals surface area contributed by atoms with Crippen LogP contribution in [-0.4, -0.2) is 28.7 Å². The minimum atomic E-state index is -4.51. The molecule has 0 saturated heterocycles. The number of carboxylic acids is 1. The number of nitrogens with two attached hydrogens (primary N) is 1. The molecule has 24 heavy (non-hydrogen) atoms. The number of alkyl halides is 3. The van der Waals surface area contributed by atoms with Crippen LogP contribution in [-0.2, 0) is 20.5 Å². The summed E-state index contributed by atoms with van der Waals surface area (Å²) >= 11 is 0. The van der Waals surface area contributed by atoms with E-state index in [2.05, 4.69) is 0 Å². The molecular weight excluding hydrogens is 327 g/mol. The highest BCUT2D eigenvalue weighted by atomic mass is 19.4. The summed E-state index contributed by atoms with van der Waals surface area (Å²) < 4.78 is 43.1. The van der Waals surface area contributed by atoms with Gasteiger partial charge in [0, 0.05) is 6.04 Å². The predicted octanol–water partition coefficient (Wildman–Crippen LogP) is 2.93. The molecule has 0 aliphatic carbocycles. The molecule has 0 aromatic heterocycles. The summed E-state index contributed by atoms with van der Waals surface area (Å²) in [5.74, 6) is -3.18. The highest BCUT2D eigenvalue weighted by molar-refractivity contribution is 5.81. The molecule has 0 amide bonds. The number of carboxylic acid groups (broad SMARTS) is 1. The Morgan fingerprint density at radius 3 is 2.04 bits per heavy atom. The van der Waals surface area contributed by atoms with Crippen LogP contribution >= 0.6 is 0 Å². The molecule has 0 saturated carbocycles. The lowest BCUT2D eigenvalue weighted by Gasteiger charge is -2.27. The molecule has 1 aromatic carbocycles. The van der Waals surface area contributed by atoms with E-state index < -0.39 is 47.7 Å². The van der Waals surface area contributed by atoms with Crippen LogP contribution in [0.15, 0.2) is 24.3 Å². The molecule has 5 nitrogen and oxygen atoms in total. The Morgan fingerprint density at radius 1 is 1.17 bits per heavy atom. The second-order valence-corrected chi connectivity index (χ2v) is 6.39. The van der Waals surface area contributed by atoms with Crippen LogP contribution in [0.5, 0.6) is 0 Å². The van der Waals surface area contributed by atoms with Crippen molar-refractivity contribution in [3.05, 3.63) is 35.4 Å². The summed E-state index contributed by atoms with van der Waals surface area (Å²) in [5.41, 5.74) is 4.25. The van der Waals surface area contributed by atoms with Crippen LogP contribution in [0.4, 0.5) is 13.2 Å². The van der Waals surface area contributed by atoms with E-state index in [1.54, 1.807) is 20.8 Å². The van der Waals surface area contributed by atoms with Crippen molar-refractivity contribution in [2.45, 2.75) is 50.9 Å². The van der Waals surface area contributed by atoms with Crippen LogP contribution in [0.2, 0.25) is 0 Å². The molecule has 8 heteroatoms. The minimum absolute atomic E-state index is 0.172. The lowest BCUT2D eigenvalue weighted by molar-refractivity contribution is -0.157. The maximum atomic E-state index is 12.6. The first kappa shape index (κ1) is 20.0. The normalized spacial score (nSPS) is 14.8. The average molecular weight is 347 g/mol. The summed E-state index contributed by atoms with van der Waals surface area (Å²) in [6.45, 7) is 4.87. The minimum Gasteiger partial charge on any atom is -0.481 e. The number of hydrogen-bond acceptors (Lipinski definition) is 4. The third-order valence-corrected chi connectivity index (χ3v) is 3.10. The third kappa shape index (κ3) is 5.84. The van der Waals surface area contributed by atoms with Gasteiger partial charge in [0.2, 0.25) is 0 Å². The molecule has 1 rings (SSSR count). The van der Waals surface area contributed by atoms with Gasteiger partial charge in [-0.25, -0.2) is 0 Å². The summed E-state index contributed by atoms with van der Waals surface area (Å²) in [7, 11) is 0. The van der Waals surface area contributed by atoms with E-state index in [0.717, 1.165) is 24.3 Å². The number of aliphatic carboxylic acids is 1. The second kappa shape index (κ2) is 7.21. The van der Waals surface area contributed by atoms with E-state index in [0.29, 0.717) is 0 Å². The molecule has 0 fully saturated rings. The Hall–Kier alpha value is -2.09. The monoisotopic (exact) mass is 347 g/mol. The molecule has 3 N–H and O–H groups in total. The molecule has 2 unspecified atom stereocenters. The van der Waals surface area contributed by atoms with Crippen LogP contribution in [0.1, 0.15) is 44.2 Å². The van der Waals surface area contributed by atoms with E-state index in [4.69, 9.17) is 15.6 Å². The highest BCUT2D eigenvalue weighted by Gasteiger charge is 2.34. The van der Waals surface area contributed by atoms with Gasteiger partial charge in [0.05, 0.1) is 17.9 Å². The van der Waals surface area contributed by atoms with Crippen molar-refractivity contribution in [2.24, 2.45) is 5.73 Å². The fraction of sp³-hybridized carbons (Fsp3) is 0.500. The van der Waals surface area contributed by atoms with Crippen molar-refractivity contribution in [1.82, 2.24) is 0 Å². The first-order valence-corrected chi connectivity index (χ1v) is 7.18. The topological polar surface area (TPSA) is 89.6 Å². The summed E-state index contributed by atoms with van der Waals surface area (Å²) in [6.07, 6.45) is -5.03. The molecule has 0 heterocycles.